The first-order valence-electron chi connectivity index (χ1n) is 8.92. The Labute approximate surface area is 161 Å². The highest BCUT2D eigenvalue weighted by Crippen LogP contribution is 2.43. The fraction of sp³-hybridized carbons (Fsp3) is 0.632. The number of aliphatic hydroxyl groups is 1. The number of nitrogens with one attached hydrogen (secondary N) is 1. The average molecular weight is 385 g/mol. The maximum Gasteiger partial charge on any atom is 0.227 e. The number of hydrogen-bond donors (Lipinski definition) is 2. The first-order chi connectivity index (χ1) is 12.1. The first-order valence-corrected chi connectivity index (χ1v) is 8.92. The molecule has 1 unspecified atom stereocenters. The van der Waals surface area contributed by atoms with Crippen LogP contribution < -0.4 is 14.8 Å². The summed E-state index contributed by atoms with van der Waals surface area (Å²) in [7, 11) is 3.19. The second-order valence-electron chi connectivity index (χ2n) is 7.13. The van der Waals surface area contributed by atoms with Crippen LogP contribution in [0.4, 0.5) is 0 Å². The summed E-state index contributed by atoms with van der Waals surface area (Å²) >= 11 is 0. The molecular formula is C19H29ClN2O4. The number of carbonyl (C=O) groups excluding carboxylic acids is 1. The Bertz CT molecular complexity index is 620. The Morgan fingerprint density at radius 3 is 2.58 bits per heavy atom. The molecule has 0 saturated carbocycles. The topological polar surface area (TPSA) is 71.0 Å². The van der Waals surface area contributed by atoms with Gasteiger partial charge in [0.05, 0.1) is 20.6 Å². The number of ether oxygens (including phenoxy) is 2. The lowest BCUT2D eigenvalue weighted by Gasteiger charge is -2.37. The predicted octanol–water partition coefficient (Wildman–Crippen LogP) is 1.49. The zero-order valence-corrected chi connectivity index (χ0v) is 16.3. The van der Waals surface area contributed by atoms with E-state index in [1.54, 1.807) is 14.2 Å². The maximum atomic E-state index is 12.8. The summed E-state index contributed by atoms with van der Waals surface area (Å²) in [6.07, 6.45) is 2.39. The van der Waals surface area contributed by atoms with Gasteiger partial charge >= 0.3 is 0 Å². The van der Waals surface area contributed by atoms with E-state index >= 15 is 0 Å². The number of benzene rings is 1. The van der Waals surface area contributed by atoms with Crippen molar-refractivity contribution in [1.82, 2.24) is 10.2 Å². The molecule has 1 spiro atoms. The largest absolute Gasteiger partial charge is 0.493 e. The fourth-order valence-electron chi connectivity index (χ4n) is 4.24. The number of amides is 1. The van der Waals surface area contributed by atoms with Crippen molar-refractivity contribution in [3.8, 4) is 11.5 Å². The summed E-state index contributed by atoms with van der Waals surface area (Å²) in [4.78, 5) is 14.7. The van der Waals surface area contributed by atoms with Crippen LogP contribution in [0.3, 0.4) is 0 Å². The first kappa shape index (κ1) is 20.8. The van der Waals surface area contributed by atoms with Gasteiger partial charge in [-0.2, -0.15) is 0 Å². The third-order valence-electron chi connectivity index (χ3n) is 5.79. The summed E-state index contributed by atoms with van der Waals surface area (Å²) in [5.74, 6) is 1.59. The number of rotatable bonds is 5. The van der Waals surface area contributed by atoms with E-state index in [1.165, 1.54) is 0 Å². The SMILES string of the molecule is COc1ccc(CC(=O)N2CC(CO)C3(CCNCC3)C2)cc1OC.Cl. The molecule has 6 nitrogen and oxygen atoms in total. The predicted molar refractivity (Wildman–Crippen MR) is 102 cm³/mol. The highest BCUT2D eigenvalue weighted by molar-refractivity contribution is 5.85. The normalized spacial score (nSPS) is 21.3. The third kappa shape index (κ3) is 4.08. The van der Waals surface area contributed by atoms with Crippen LogP contribution in [0.5, 0.6) is 11.5 Å². The number of likely N-dealkylation sites (tertiary alicyclic amines) is 1. The van der Waals surface area contributed by atoms with E-state index in [9.17, 15) is 9.90 Å². The van der Waals surface area contributed by atoms with E-state index in [0.29, 0.717) is 24.5 Å². The molecule has 2 aliphatic heterocycles. The Morgan fingerprint density at radius 1 is 1.27 bits per heavy atom. The number of aliphatic hydroxyl groups excluding tert-OH is 1. The van der Waals surface area contributed by atoms with Crippen molar-refractivity contribution < 1.29 is 19.4 Å². The van der Waals surface area contributed by atoms with E-state index in [0.717, 1.165) is 38.0 Å². The van der Waals surface area contributed by atoms with E-state index in [4.69, 9.17) is 9.47 Å². The molecule has 7 heteroatoms. The van der Waals surface area contributed by atoms with Crippen LogP contribution in [0.1, 0.15) is 18.4 Å². The smallest absolute Gasteiger partial charge is 0.227 e. The molecule has 26 heavy (non-hydrogen) atoms. The number of nitrogens with zero attached hydrogens (tertiary/aromatic N) is 1. The molecule has 1 aromatic carbocycles. The summed E-state index contributed by atoms with van der Waals surface area (Å²) < 4.78 is 10.6. The van der Waals surface area contributed by atoms with E-state index in [2.05, 4.69) is 5.32 Å². The average Bonchev–Trinajstić information content (AvgIpc) is 3.00. The molecule has 2 aliphatic rings. The number of halogens is 1. The number of carbonyl (C=O) groups is 1. The Morgan fingerprint density at radius 2 is 1.96 bits per heavy atom. The zero-order valence-electron chi connectivity index (χ0n) is 15.5. The van der Waals surface area contributed by atoms with Gasteiger partial charge in [0.15, 0.2) is 11.5 Å². The van der Waals surface area contributed by atoms with E-state index in [1.807, 2.05) is 23.1 Å². The summed E-state index contributed by atoms with van der Waals surface area (Å²) in [6.45, 7) is 3.50. The van der Waals surface area contributed by atoms with E-state index < -0.39 is 0 Å². The van der Waals surface area contributed by atoms with Gasteiger partial charge in [0.25, 0.3) is 0 Å². The fourth-order valence-corrected chi connectivity index (χ4v) is 4.24. The standard InChI is InChI=1S/C19H28N2O4.ClH/c1-24-16-4-3-14(9-17(16)25-2)10-18(23)21-11-15(12-22)19(13-21)5-7-20-8-6-19;/h3-4,9,15,20,22H,5-8,10-13H2,1-2H3;1H. The molecule has 146 valence electrons. The number of piperidine rings is 1. The Hall–Kier alpha value is -1.50. The van der Waals surface area contributed by atoms with Gasteiger partial charge in [-0.3, -0.25) is 4.79 Å². The van der Waals surface area contributed by atoms with Crippen LogP contribution in [0.25, 0.3) is 0 Å². The molecule has 2 N–H and O–H groups in total. The molecule has 0 aromatic heterocycles. The molecule has 2 saturated heterocycles. The van der Waals surface area contributed by atoms with Gasteiger partial charge in [-0.1, -0.05) is 6.07 Å². The van der Waals surface area contributed by atoms with Gasteiger partial charge in [-0.05, 0) is 49.0 Å². The quantitative estimate of drug-likeness (QED) is 0.804. The summed E-state index contributed by atoms with van der Waals surface area (Å²) in [5.41, 5.74) is 0.988. The molecule has 1 aromatic rings. The molecule has 1 atom stereocenters. The third-order valence-corrected chi connectivity index (χ3v) is 5.79. The van der Waals surface area contributed by atoms with Gasteiger partial charge in [0.1, 0.15) is 0 Å². The van der Waals surface area contributed by atoms with Gasteiger partial charge in [-0.25, -0.2) is 0 Å². The van der Waals surface area contributed by atoms with Crippen molar-refractivity contribution in [2.24, 2.45) is 11.3 Å². The molecular weight excluding hydrogens is 356 g/mol. The molecule has 3 rings (SSSR count). The molecule has 0 aliphatic carbocycles. The van der Waals surface area contributed by atoms with Gasteiger partial charge < -0.3 is 24.8 Å². The lowest BCUT2D eigenvalue weighted by Crippen LogP contribution is -2.43. The van der Waals surface area contributed by atoms with Crippen LogP contribution in [0, 0.1) is 11.3 Å². The van der Waals surface area contributed by atoms with Crippen molar-refractivity contribution in [3.05, 3.63) is 23.8 Å². The Kier molecular flexibility index (Phi) is 7.15. The molecule has 2 fully saturated rings. The van der Waals surface area contributed by atoms with Crippen molar-refractivity contribution >= 4 is 18.3 Å². The van der Waals surface area contributed by atoms with Crippen LogP contribution in [-0.4, -0.2) is 62.9 Å². The second kappa shape index (κ2) is 8.93. The lowest BCUT2D eigenvalue weighted by atomic mass is 9.71. The number of methoxy groups -OCH3 is 2. The molecule has 0 bridgehead atoms. The maximum absolute atomic E-state index is 12.8. The molecule has 1 amide bonds. The van der Waals surface area contributed by atoms with Gasteiger partial charge in [0.2, 0.25) is 5.91 Å². The molecule has 0 radical (unpaired) electrons. The minimum Gasteiger partial charge on any atom is -0.493 e. The minimum atomic E-state index is 0. The minimum absolute atomic E-state index is 0. The van der Waals surface area contributed by atoms with Crippen LogP contribution in [0.2, 0.25) is 0 Å². The van der Waals surface area contributed by atoms with Crippen molar-refractivity contribution in [1.29, 1.82) is 0 Å². The van der Waals surface area contributed by atoms with Crippen LogP contribution in [0.15, 0.2) is 18.2 Å². The Balaban J connectivity index is 0.00000243. The zero-order chi connectivity index (χ0) is 17.9. The van der Waals surface area contributed by atoms with Crippen molar-refractivity contribution in [3.63, 3.8) is 0 Å². The van der Waals surface area contributed by atoms with Gasteiger partial charge in [-0.15, -0.1) is 12.4 Å². The number of hydrogen-bond acceptors (Lipinski definition) is 5. The van der Waals surface area contributed by atoms with Crippen LogP contribution in [-0.2, 0) is 11.2 Å². The highest BCUT2D eigenvalue weighted by atomic mass is 35.5. The second-order valence-corrected chi connectivity index (χ2v) is 7.13. The van der Waals surface area contributed by atoms with E-state index in [-0.39, 0.29) is 36.3 Å². The lowest BCUT2D eigenvalue weighted by molar-refractivity contribution is -0.130. The summed E-state index contributed by atoms with van der Waals surface area (Å²) in [6, 6.07) is 5.59. The van der Waals surface area contributed by atoms with Gasteiger partial charge in [0, 0.05) is 25.6 Å². The van der Waals surface area contributed by atoms with Crippen LogP contribution >= 0.6 is 12.4 Å². The van der Waals surface area contributed by atoms with Crippen molar-refractivity contribution in [2.75, 3.05) is 47.0 Å². The highest BCUT2D eigenvalue weighted by Gasteiger charge is 2.47. The monoisotopic (exact) mass is 384 g/mol. The summed E-state index contributed by atoms with van der Waals surface area (Å²) in [5, 5.41) is 13.2. The van der Waals surface area contributed by atoms with Crippen molar-refractivity contribution in [2.45, 2.75) is 19.3 Å². The molecule has 2 heterocycles.